The number of nitrogens with one attached hydrogen (secondary N) is 1. The van der Waals surface area contributed by atoms with Gasteiger partial charge in [0.2, 0.25) is 5.91 Å². The maximum absolute atomic E-state index is 12.7. The lowest BCUT2D eigenvalue weighted by atomic mass is 9.96. The van der Waals surface area contributed by atoms with Crippen LogP contribution < -0.4 is 5.32 Å². The normalized spacial score (nSPS) is 25.3. The average molecular weight is 429 g/mol. The summed E-state index contributed by atoms with van der Waals surface area (Å²) < 4.78 is 16.4. The maximum Gasteiger partial charge on any atom is 0.338 e. The number of ether oxygens (including phenoxy) is 3. The van der Waals surface area contributed by atoms with Crippen LogP contribution in [0.2, 0.25) is 0 Å². The molecule has 9 nitrogen and oxygen atoms in total. The maximum atomic E-state index is 12.7. The Morgan fingerprint density at radius 2 is 1.39 bits per heavy atom. The lowest BCUT2D eigenvalue weighted by Gasteiger charge is -2.43. The van der Waals surface area contributed by atoms with Gasteiger partial charge in [0.05, 0.1) is 17.7 Å². The van der Waals surface area contributed by atoms with Gasteiger partial charge in [0, 0.05) is 6.92 Å². The molecule has 1 saturated heterocycles. The number of hydrogen-bond donors (Lipinski definition) is 3. The van der Waals surface area contributed by atoms with Gasteiger partial charge in [0.25, 0.3) is 0 Å². The predicted octanol–water partition coefficient (Wildman–Crippen LogP) is 0.652. The van der Waals surface area contributed by atoms with Crippen LogP contribution in [0.25, 0.3) is 0 Å². The molecular weight excluding hydrogens is 406 g/mol. The summed E-state index contributed by atoms with van der Waals surface area (Å²) in [7, 11) is 0. The van der Waals surface area contributed by atoms with E-state index in [4.69, 9.17) is 14.2 Å². The van der Waals surface area contributed by atoms with Crippen molar-refractivity contribution < 1.29 is 38.8 Å². The van der Waals surface area contributed by atoms with E-state index in [1.54, 1.807) is 36.4 Å². The van der Waals surface area contributed by atoms with Gasteiger partial charge in [-0.1, -0.05) is 36.4 Å². The number of benzene rings is 2. The van der Waals surface area contributed by atoms with Crippen molar-refractivity contribution in [3.05, 3.63) is 71.8 Å². The van der Waals surface area contributed by atoms with Crippen molar-refractivity contribution in [1.82, 2.24) is 5.32 Å². The second-order valence-electron chi connectivity index (χ2n) is 6.95. The largest absolute Gasteiger partial charge is 0.452 e. The number of rotatable bonds is 6. The fourth-order valence-corrected chi connectivity index (χ4v) is 3.27. The van der Waals surface area contributed by atoms with E-state index in [1.807, 2.05) is 0 Å². The monoisotopic (exact) mass is 429 g/mol. The first kappa shape index (κ1) is 22.4. The highest BCUT2D eigenvalue weighted by atomic mass is 16.7. The van der Waals surface area contributed by atoms with Crippen molar-refractivity contribution in [3.8, 4) is 0 Å². The molecule has 1 fully saturated rings. The molecule has 3 rings (SSSR count). The van der Waals surface area contributed by atoms with Gasteiger partial charge in [-0.25, -0.2) is 9.59 Å². The third kappa shape index (κ3) is 5.46. The molecule has 0 saturated carbocycles. The summed E-state index contributed by atoms with van der Waals surface area (Å²) in [5.74, 6) is -2.03. The third-order valence-corrected chi connectivity index (χ3v) is 4.72. The Bertz CT molecular complexity index is 904. The van der Waals surface area contributed by atoms with Gasteiger partial charge < -0.3 is 29.7 Å². The molecular formula is C22H23NO8. The molecule has 1 heterocycles. The molecule has 2 aromatic rings. The molecule has 0 unspecified atom stereocenters. The fraction of sp³-hybridized carbons (Fsp3) is 0.318. The zero-order chi connectivity index (χ0) is 22.4. The Morgan fingerprint density at radius 1 is 0.903 bits per heavy atom. The number of amides is 1. The Labute approximate surface area is 178 Å². The first-order valence-electron chi connectivity index (χ1n) is 9.64. The van der Waals surface area contributed by atoms with Crippen LogP contribution in [0.1, 0.15) is 27.6 Å². The zero-order valence-electron chi connectivity index (χ0n) is 16.7. The lowest BCUT2D eigenvalue weighted by Crippen LogP contribution is -2.66. The zero-order valence-corrected chi connectivity index (χ0v) is 16.7. The molecule has 0 aromatic heterocycles. The molecule has 1 aliphatic rings. The van der Waals surface area contributed by atoms with Gasteiger partial charge in [0.1, 0.15) is 12.1 Å². The quantitative estimate of drug-likeness (QED) is 0.571. The van der Waals surface area contributed by atoms with Crippen molar-refractivity contribution in [2.24, 2.45) is 0 Å². The van der Waals surface area contributed by atoms with Crippen molar-refractivity contribution >= 4 is 17.8 Å². The summed E-state index contributed by atoms with van der Waals surface area (Å²) >= 11 is 0. The first-order valence-corrected chi connectivity index (χ1v) is 9.64. The van der Waals surface area contributed by atoms with Gasteiger partial charge in [-0.2, -0.15) is 0 Å². The van der Waals surface area contributed by atoms with E-state index < -0.39 is 55.1 Å². The molecule has 0 spiro atoms. The minimum Gasteiger partial charge on any atom is -0.452 e. The number of aliphatic hydroxyl groups is 2. The van der Waals surface area contributed by atoms with Crippen LogP contribution >= 0.6 is 0 Å². The Morgan fingerprint density at radius 3 is 1.84 bits per heavy atom. The van der Waals surface area contributed by atoms with Gasteiger partial charge in [-0.05, 0) is 24.3 Å². The van der Waals surface area contributed by atoms with Crippen molar-refractivity contribution in [2.45, 2.75) is 37.6 Å². The van der Waals surface area contributed by atoms with Gasteiger partial charge in [0.15, 0.2) is 18.5 Å². The number of carbonyl (C=O) groups is 3. The van der Waals surface area contributed by atoms with Crippen molar-refractivity contribution in [2.75, 3.05) is 6.61 Å². The molecule has 9 heteroatoms. The highest BCUT2D eigenvalue weighted by Crippen LogP contribution is 2.27. The van der Waals surface area contributed by atoms with E-state index >= 15 is 0 Å². The van der Waals surface area contributed by atoms with Crippen molar-refractivity contribution in [3.63, 3.8) is 0 Å². The molecule has 1 aliphatic heterocycles. The summed E-state index contributed by atoms with van der Waals surface area (Å²) in [5.41, 5.74) is 0.452. The predicted molar refractivity (Wildman–Crippen MR) is 107 cm³/mol. The summed E-state index contributed by atoms with van der Waals surface area (Å²) in [4.78, 5) is 37.0. The molecule has 31 heavy (non-hydrogen) atoms. The van der Waals surface area contributed by atoms with E-state index in [-0.39, 0.29) is 11.1 Å². The van der Waals surface area contributed by atoms with E-state index in [2.05, 4.69) is 5.32 Å². The minimum absolute atomic E-state index is 0.221. The summed E-state index contributed by atoms with van der Waals surface area (Å²) in [6, 6.07) is 14.9. The van der Waals surface area contributed by atoms with Gasteiger partial charge >= 0.3 is 11.9 Å². The van der Waals surface area contributed by atoms with Crippen LogP contribution in [-0.4, -0.2) is 65.3 Å². The topological polar surface area (TPSA) is 131 Å². The highest BCUT2D eigenvalue weighted by molar-refractivity contribution is 5.90. The van der Waals surface area contributed by atoms with Crippen molar-refractivity contribution in [1.29, 1.82) is 0 Å². The Kier molecular flexibility index (Phi) is 7.35. The van der Waals surface area contributed by atoms with E-state index in [1.165, 1.54) is 31.2 Å². The van der Waals surface area contributed by atoms with E-state index in [0.29, 0.717) is 0 Å². The highest BCUT2D eigenvalue weighted by Gasteiger charge is 2.50. The van der Waals surface area contributed by atoms with E-state index in [9.17, 15) is 24.6 Å². The van der Waals surface area contributed by atoms with Crippen LogP contribution in [0.3, 0.4) is 0 Å². The molecule has 1 amide bonds. The van der Waals surface area contributed by atoms with Crippen LogP contribution in [0.15, 0.2) is 60.7 Å². The second kappa shape index (κ2) is 10.2. The molecule has 0 bridgehead atoms. The molecule has 0 radical (unpaired) electrons. The number of esters is 2. The summed E-state index contributed by atoms with van der Waals surface area (Å²) in [5, 5.41) is 22.6. The Hall–Kier alpha value is -3.27. The van der Waals surface area contributed by atoms with Crippen LogP contribution in [0.5, 0.6) is 0 Å². The smallest absolute Gasteiger partial charge is 0.338 e. The fourth-order valence-electron chi connectivity index (χ4n) is 3.27. The van der Waals surface area contributed by atoms with Gasteiger partial charge in [-0.15, -0.1) is 0 Å². The van der Waals surface area contributed by atoms with Crippen LogP contribution in [-0.2, 0) is 19.0 Å². The SMILES string of the molecule is CC(=O)N[C@H]1[C@@H](OC(=O)c2ccccc2)[C@H](OC(=O)c2ccccc2)[C@@H](CO)O[C@@H]1O. The molecule has 3 N–H and O–H groups in total. The second-order valence-corrected chi connectivity index (χ2v) is 6.95. The lowest BCUT2D eigenvalue weighted by molar-refractivity contribution is -0.253. The van der Waals surface area contributed by atoms with E-state index in [0.717, 1.165) is 0 Å². The number of aliphatic hydroxyl groups excluding tert-OH is 2. The average Bonchev–Trinajstić information content (AvgIpc) is 2.78. The first-order chi connectivity index (χ1) is 14.9. The molecule has 0 aliphatic carbocycles. The number of carbonyl (C=O) groups excluding carboxylic acids is 3. The minimum atomic E-state index is -1.61. The number of hydrogen-bond acceptors (Lipinski definition) is 8. The van der Waals surface area contributed by atoms with Crippen LogP contribution in [0.4, 0.5) is 0 Å². The summed E-state index contributed by atoms with van der Waals surface area (Å²) in [6.45, 7) is 0.585. The standard InChI is InChI=1S/C22H23NO8/c1-13(25)23-17-19(31-21(27)15-10-6-3-7-11-15)18(16(12-24)29-22(17)28)30-20(26)14-8-4-2-5-9-14/h2-11,16-19,22,24,28H,12H2,1H3,(H,23,25)/t16-,17+,18-,19-,22+/m1/s1. The third-order valence-electron chi connectivity index (χ3n) is 4.72. The Balaban J connectivity index is 1.92. The molecule has 2 aromatic carbocycles. The summed E-state index contributed by atoms with van der Waals surface area (Å²) in [6.07, 6.45) is -5.43. The molecule has 164 valence electrons. The molecule has 5 atom stereocenters. The van der Waals surface area contributed by atoms with Gasteiger partial charge in [-0.3, -0.25) is 4.79 Å². The van der Waals surface area contributed by atoms with Crippen LogP contribution in [0, 0.1) is 0 Å².